The van der Waals surface area contributed by atoms with Crippen LogP contribution in [0, 0.1) is 0 Å². The van der Waals surface area contributed by atoms with Crippen LogP contribution in [0.3, 0.4) is 0 Å². The Morgan fingerprint density at radius 2 is 2.31 bits per heavy atom. The highest BCUT2D eigenvalue weighted by Crippen LogP contribution is 1.99. The summed E-state index contributed by atoms with van der Waals surface area (Å²) in [5.74, 6) is 0.136. The fourth-order valence-electron chi connectivity index (χ4n) is 0.978. The third-order valence-electron chi connectivity index (χ3n) is 1.46. The molecule has 0 saturated carbocycles. The third kappa shape index (κ3) is 3.11. The summed E-state index contributed by atoms with van der Waals surface area (Å²) in [5, 5.41) is 8.76. The van der Waals surface area contributed by atoms with Crippen LogP contribution in [0.2, 0.25) is 0 Å². The highest BCUT2D eigenvalue weighted by molar-refractivity contribution is 7.88. The summed E-state index contributed by atoms with van der Waals surface area (Å²) >= 11 is 0. The van der Waals surface area contributed by atoms with Gasteiger partial charge in [-0.2, -0.15) is 5.10 Å². The van der Waals surface area contributed by atoms with Gasteiger partial charge >= 0.3 is 0 Å². The van der Waals surface area contributed by atoms with Crippen molar-refractivity contribution in [1.29, 1.82) is 0 Å². The molecule has 74 valence electrons. The van der Waals surface area contributed by atoms with Gasteiger partial charge in [0, 0.05) is 6.54 Å². The van der Waals surface area contributed by atoms with E-state index in [0.717, 1.165) is 6.42 Å². The maximum absolute atomic E-state index is 10.8. The van der Waals surface area contributed by atoms with Gasteiger partial charge in [0.05, 0.1) is 0 Å². The molecule has 0 radical (unpaired) electrons. The predicted molar refractivity (Wildman–Crippen MR) is 47.1 cm³/mol. The van der Waals surface area contributed by atoms with E-state index in [2.05, 4.69) is 10.1 Å². The second-order valence-electron chi connectivity index (χ2n) is 2.71. The number of hydrogen-bond donors (Lipinski definition) is 1. The number of primary sulfonamides is 1. The van der Waals surface area contributed by atoms with Crippen LogP contribution in [0.4, 0.5) is 0 Å². The van der Waals surface area contributed by atoms with E-state index in [1.807, 2.05) is 6.92 Å². The molecule has 0 aromatic carbocycles. The number of nitrogens with two attached hydrogens (primary N) is 1. The molecule has 1 heterocycles. The molecule has 0 saturated heterocycles. The molecule has 0 spiro atoms. The third-order valence-corrected chi connectivity index (χ3v) is 2.12. The van der Waals surface area contributed by atoms with Crippen LogP contribution in [-0.4, -0.2) is 23.2 Å². The van der Waals surface area contributed by atoms with E-state index in [1.54, 1.807) is 4.68 Å². The summed E-state index contributed by atoms with van der Waals surface area (Å²) in [6.45, 7) is 2.63. The van der Waals surface area contributed by atoms with Crippen LogP contribution in [0.15, 0.2) is 6.33 Å². The minimum Gasteiger partial charge on any atom is -0.249 e. The molecular formula is C6H12N4O2S. The molecule has 7 heteroatoms. The van der Waals surface area contributed by atoms with Gasteiger partial charge < -0.3 is 0 Å². The Morgan fingerprint density at radius 1 is 1.62 bits per heavy atom. The maximum Gasteiger partial charge on any atom is 0.216 e. The molecule has 6 nitrogen and oxygen atoms in total. The number of rotatable bonds is 4. The molecule has 1 aromatic rings. The van der Waals surface area contributed by atoms with Crippen LogP contribution < -0.4 is 5.14 Å². The molecule has 0 aliphatic carbocycles. The van der Waals surface area contributed by atoms with Crippen LogP contribution in [-0.2, 0) is 22.3 Å². The SMILES string of the molecule is CCCn1ncnc1CS(N)(=O)=O. The zero-order valence-electron chi connectivity index (χ0n) is 7.34. The van der Waals surface area contributed by atoms with Gasteiger partial charge in [0.15, 0.2) is 0 Å². The maximum atomic E-state index is 10.8. The van der Waals surface area contributed by atoms with Crippen molar-refractivity contribution in [2.75, 3.05) is 0 Å². The minimum absolute atomic E-state index is 0.257. The summed E-state index contributed by atoms with van der Waals surface area (Å²) in [4.78, 5) is 3.81. The van der Waals surface area contributed by atoms with Crippen LogP contribution in [0.5, 0.6) is 0 Å². The van der Waals surface area contributed by atoms with Gasteiger partial charge in [0.2, 0.25) is 10.0 Å². The molecule has 1 aromatic heterocycles. The summed E-state index contributed by atoms with van der Waals surface area (Å²) in [5.41, 5.74) is 0. The molecule has 0 fully saturated rings. The number of aromatic nitrogens is 3. The highest BCUT2D eigenvalue weighted by atomic mass is 32.2. The Hall–Kier alpha value is -0.950. The van der Waals surface area contributed by atoms with Crippen molar-refractivity contribution in [2.45, 2.75) is 25.6 Å². The quantitative estimate of drug-likeness (QED) is 0.714. The van der Waals surface area contributed by atoms with Crippen molar-refractivity contribution in [3.63, 3.8) is 0 Å². The highest BCUT2D eigenvalue weighted by Gasteiger charge is 2.10. The Morgan fingerprint density at radius 3 is 2.85 bits per heavy atom. The Bertz CT molecular complexity index is 370. The molecule has 2 N–H and O–H groups in total. The smallest absolute Gasteiger partial charge is 0.216 e. The second kappa shape index (κ2) is 3.84. The van der Waals surface area contributed by atoms with Crippen molar-refractivity contribution in [3.05, 3.63) is 12.2 Å². The number of sulfonamides is 1. The lowest BCUT2D eigenvalue weighted by Gasteiger charge is -2.01. The minimum atomic E-state index is -3.51. The molecule has 0 atom stereocenters. The Balaban J connectivity index is 2.82. The molecule has 0 amide bonds. The first-order valence-corrected chi connectivity index (χ1v) is 5.61. The number of aryl methyl sites for hydroxylation is 1. The van der Waals surface area contributed by atoms with Crippen LogP contribution in [0.25, 0.3) is 0 Å². The Labute approximate surface area is 76.8 Å². The van der Waals surface area contributed by atoms with E-state index in [9.17, 15) is 8.42 Å². The molecule has 0 bridgehead atoms. The first kappa shape index (κ1) is 10.1. The number of hydrogen-bond acceptors (Lipinski definition) is 4. The van der Waals surface area contributed by atoms with E-state index in [-0.39, 0.29) is 5.75 Å². The molecule has 0 unspecified atom stereocenters. The standard InChI is InChI=1S/C6H12N4O2S/c1-2-3-10-6(8-5-9-10)4-13(7,11)12/h5H,2-4H2,1H3,(H2,7,11,12). The summed E-state index contributed by atoms with van der Waals surface area (Å²) in [6.07, 6.45) is 2.21. The average Bonchev–Trinajstić information content (AvgIpc) is 2.34. The summed E-state index contributed by atoms with van der Waals surface area (Å²) in [6, 6.07) is 0. The lowest BCUT2D eigenvalue weighted by molar-refractivity contribution is 0.567. The van der Waals surface area contributed by atoms with Crippen LogP contribution in [0.1, 0.15) is 19.2 Å². The fourth-order valence-corrected chi connectivity index (χ4v) is 1.56. The fraction of sp³-hybridized carbons (Fsp3) is 0.667. The molecular weight excluding hydrogens is 192 g/mol. The van der Waals surface area contributed by atoms with Gasteiger partial charge in [-0.1, -0.05) is 6.92 Å². The van der Waals surface area contributed by atoms with Gasteiger partial charge in [0.25, 0.3) is 0 Å². The van der Waals surface area contributed by atoms with Crippen molar-refractivity contribution < 1.29 is 8.42 Å². The van der Waals surface area contributed by atoms with E-state index in [4.69, 9.17) is 5.14 Å². The van der Waals surface area contributed by atoms with E-state index in [1.165, 1.54) is 6.33 Å². The normalized spacial score (nSPS) is 11.8. The first-order valence-electron chi connectivity index (χ1n) is 3.90. The lowest BCUT2D eigenvalue weighted by Crippen LogP contribution is -2.18. The largest absolute Gasteiger partial charge is 0.249 e. The first-order chi connectivity index (χ1) is 6.03. The molecule has 1 rings (SSSR count). The Kier molecular flexibility index (Phi) is 2.99. The van der Waals surface area contributed by atoms with Crippen LogP contribution >= 0.6 is 0 Å². The second-order valence-corrected chi connectivity index (χ2v) is 4.32. The molecule has 0 aliphatic heterocycles. The van der Waals surface area contributed by atoms with Crippen molar-refractivity contribution in [3.8, 4) is 0 Å². The zero-order valence-corrected chi connectivity index (χ0v) is 8.16. The topological polar surface area (TPSA) is 90.9 Å². The van der Waals surface area contributed by atoms with Crippen molar-refractivity contribution in [1.82, 2.24) is 14.8 Å². The average molecular weight is 204 g/mol. The monoisotopic (exact) mass is 204 g/mol. The van der Waals surface area contributed by atoms with E-state index >= 15 is 0 Å². The van der Waals surface area contributed by atoms with Gasteiger partial charge in [-0.25, -0.2) is 23.2 Å². The van der Waals surface area contributed by atoms with E-state index in [0.29, 0.717) is 12.4 Å². The van der Waals surface area contributed by atoms with Gasteiger partial charge in [-0.15, -0.1) is 0 Å². The lowest BCUT2D eigenvalue weighted by atomic mass is 10.5. The van der Waals surface area contributed by atoms with Gasteiger partial charge in [-0.3, -0.25) is 0 Å². The van der Waals surface area contributed by atoms with Gasteiger partial charge in [0.1, 0.15) is 17.9 Å². The summed E-state index contributed by atoms with van der Waals surface area (Å²) in [7, 11) is -3.51. The number of nitrogens with zero attached hydrogens (tertiary/aromatic N) is 3. The van der Waals surface area contributed by atoms with Crippen molar-refractivity contribution in [2.24, 2.45) is 5.14 Å². The van der Waals surface area contributed by atoms with Gasteiger partial charge in [-0.05, 0) is 6.42 Å². The molecule has 0 aliphatic rings. The predicted octanol–water partition coefficient (Wildman–Crippen LogP) is -0.523. The molecule has 13 heavy (non-hydrogen) atoms. The van der Waals surface area contributed by atoms with E-state index < -0.39 is 10.0 Å². The van der Waals surface area contributed by atoms with Crippen molar-refractivity contribution >= 4 is 10.0 Å². The zero-order chi connectivity index (χ0) is 9.90. The summed E-state index contributed by atoms with van der Waals surface area (Å²) < 4.78 is 23.0.